The van der Waals surface area contributed by atoms with Crippen LogP contribution in [0.15, 0.2) is 41.8 Å². The van der Waals surface area contributed by atoms with Gasteiger partial charge in [0.2, 0.25) is 0 Å². The molecule has 0 aliphatic heterocycles. The summed E-state index contributed by atoms with van der Waals surface area (Å²) in [6.45, 7) is 0.548. The molecule has 0 unspecified atom stereocenters. The van der Waals surface area contributed by atoms with Gasteiger partial charge in [-0.1, -0.05) is 18.2 Å². The Labute approximate surface area is 158 Å². The van der Waals surface area contributed by atoms with Crippen LogP contribution < -0.4 is 17.0 Å². The van der Waals surface area contributed by atoms with Gasteiger partial charge in [-0.15, -0.1) is 0 Å². The minimum Gasteiger partial charge on any atom is -0.494 e. The van der Waals surface area contributed by atoms with Crippen LogP contribution in [0.25, 0.3) is 11.8 Å². The van der Waals surface area contributed by atoms with E-state index >= 15 is 0 Å². The molecule has 0 heterocycles. The number of hydrazine groups is 1. The van der Waals surface area contributed by atoms with E-state index in [2.05, 4.69) is 5.43 Å². The molecule has 7 heteroatoms. The number of hydrogen-bond acceptors (Lipinski definition) is 6. The van der Waals surface area contributed by atoms with E-state index < -0.39 is 5.97 Å². The normalized spacial score (nSPS) is 13.6. The number of nitriles is 1. The standard InChI is InChI=1S/C20H24N4O3/c21-13-18(24-23)20(22)16-9-8-15-12-17(6-4-5-14(15)11-16)27-10-3-1-2-7-19(25)26/h4,6,8-9,11-12,24H,1-3,5,7,10,22-23H2,(H,25,26)/b20-18-. The van der Waals surface area contributed by atoms with Gasteiger partial charge in [0.25, 0.3) is 0 Å². The van der Waals surface area contributed by atoms with Crippen LogP contribution in [-0.2, 0) is 16.0 Å². The first-order valence-electron chi connectivity index (χ1n) is 8.77. The molecule has 2 rings (SSSR count). The predicted molar refractivity (Wildman–Crippen MR) is 103 cm³/mol. The number of carboxylic acid groups (broad SMARTS) is 1. The second-order valence-electron chi connectivity index (χ2n) is 6.16. The number of fused-ring (bicyclic) bond motifs is 1. The highest BCUT2D eigenvalue weighted by Gasteiger charge is 2.10. The zero-order valence-corrected chi connectivity index (χ0v) is 15.1. The van der Waals surface area contributed by atoms with E-state index in [0.717, 1.165) is 41.7 Å². The quantitative estimate of drug-likeness (QED) is 0.227. The van der Waals surface area contributed by atoms with Crippen LogP contribution in [-0.4, -0.2) is 17.7 Å². The highest BCUT2D eigenvalue weighted by Crippen LogP contribution is 2.23. The van der Waals surface area contributed by atoms with Crippen molar-refractivity contribution in [3.8, 4) is 6.07 Å². The maximum atomic E-state index is 10.5. The Hall–Kier alpha value is -3.24. The van der Waals surface area contributed by atoms with Crippen LogP contribution in [0.4, 0.5) is 0 Å². The van der Waals surface area contributed by atoms with Crippen molar-refractivity contribution in [1.82, 2.24) is 5.43 Å². The predicted octanol–water partition coefficient (Wildman–Crippen LogP) is 2.42. The van der Waals surface area contributed by atoms with Crippen LogP contribution in [0.3, 0.4) is 0 Å². The van der Waals surface area contributed by atoms with Gasteiger partial charge in [0.15, 0.2) is 5.70 Å². The highest BCUT2D eigenvalue weighted by molar-refractivity contribution is 5.71. The van der Waals surface area contributed by atoms with Gasteiger partial charge >= 0.3 is 5.97 Å². The number of unbranched alkanes of at least 4 members (excludes halogenated alkanes) is 2. The molecule has 1 aliphatic carbocycles. The molecule has 1 aliphatic rings. The zero-order valence-electron chi connectivity index (χ0n) is 15.1. The maximum Gasteiger partial charge on any atom is 0.303 e. The highest BCUT2D eigenvalue weighted by atomic mass is 16.5. The van der Waals surface area contributed by atoms with E-state index in [-0.39, 0.29) is 12.1 Å². The zero-order chi connectivity index (χ0) is 19.6. The smallest absolute Gasteiger partial charge is 0.303 e. The van der Waals surface area contributed by atoms with Crippen molar-refractivity contribution in [2.75, 3.05) is 6.61 Å². The number of carboxylic acids is 1. The molecule has 0 radical (unpaired) electrons. The van der Waals surface area contributed by atoms with E-state index in [9.17, 15) is 4.79 Å². The molecule has 0 saturated heterocycles. The molecule has 0 aromatic heterocycles. The number of rotatable bonds is 9. The minimum absolute atomic E-state index is 0.126. The fourth-order valence-corrected chi connectivity index (χ4v) is 2.74. The first-order valence-corrected chi connectivity index (χ1v) is 8.77. The van der Waals surface area contributed by atoms with Gasteiger partial charge in [-0.2, -0.15) is 5.26 Å². The van der Waals surface area contributed by atoms with Gasteiger partial charge in [-0.25, -0.2) is 5.84 Å². The van der Waals surface area contributed by atoms with Gasteiger partial charge in [-0.3, -0.25) is 4.79 Å². The van der Waals surface area contributed by atoms with E-state index in [1.54, 1.807) is 0 Å². The van der Waals surface area contributed by atoms with Crippen molar-refractivity contribution in [2.45, 2.75) is 32.1 Å². The summed E-state index contributed by atoms with van der Waals surface area (Å²) in [4.78, 5) is 10.5. The van der Waals surface area contributed by atoms with Crippen LogP contribution in [0, 0.1) is 11.3 Å². The van der Waals surface area contributed by atoms with Gasteiger partial charge in [0, 0.05) is 12.0 Å². The monoisotopic (exact) mass is 368 g/mol. The molecule has 7 nitrogen and oxygen atoms in total. The summed E-state index contributed by atoms with van der Waals surface area (Å²) in [5.41, 5.74) is 11.6. The van der Waals surface area contributed by atoms with Crippen molar-refractivity contribution < 1.29 is 14.6 Å². The summed E-state index contributed by atoms with van der Waals surface area (Å²) in [6, 6.07) is 7.65. The second-order valence-corrected chi connectivity index (χ2v) is 6.16. The van der Waals surface area contributed by atoms with E-state index in [4.69, 9.17) is 26.7 Å². The lowest BCUT2D eigenvalue weighted by Crippen LogP contribution is -2.23. The molecule has 142 valence electrons. The number of aliphatic carboxylic acids is 1. The number of benzene rings is 1. The third-order valence-corrected chi connectivity index (χ3v) is 4.20. The fourth-order valence-electron chi connectivity index (χ4n) is 2.74. The third-order valence-electron chi connectivity index (χ3n) is 4.20. The minimum atomic E-state index is -0.763. The Morgan fingerprint density at radius 1 is 1.33 bits per heavy atom. The Bertz CT molecular complexity index is 819. The Balaban J connectivity index is 2.03. The average molecular weight is 368 g/mol. The van der Waals surface area contributed by atoms with Crippen molar-refractivity contribution in [3.05, 3.63) is 58.5 Å². The molecule has 1 aromatic rings. The largest absolute Gasteiger partial charge is 0.494 e. The molecule has 0 bridgehead atoms. The number of ether oxygens (including phenoxy) is 1. The summed E-state index contributed by atoms with van der Waals surface area (Å²) >= 11 is 0. The molecular formula is C20H24N4O3. The molecule has 1 aromatic carbocycles. The molecule has 6 N–H and O–H groups in total. The van der Waals surface area contributed by atoms with E-state index in [0.29, 0.717) is 18.7 Å². The molecule has 0 saturated carbocycles. The Kier molecular flexibility index (Phi) is 7.47. The van der Waals surface area contributed by atoms with Crippen LogP contribution in [0.1, 0.15) is 42.4 Å². The molecular weight excluding hydrogens is 344 g/mol. The first kappa shape index (κ1) is 20.1. The summed E-state index contributed by atoms with van der Waals surface area (Å²) in [5.74, 6) is 5.32. The number of carbonyl (C=O) groups is 1. The lowest BCUT2D eigenvalue weighted by molar-refractivity contribution is -0.137. The number of nitrogens with one attached hydrogen (secondary N) is 1. The molecule has 27 heavy (non-hydrogen) atoms. The van der Waals surface area contributed by atoms with Crippen molar-refractivity contribution in [3.63, 3.8) is 0 Å². The summed E-state index contributed by atoms with van der Waals surface area (Å²) in [7, 11) is 0. The fraction of sp³-hybridized carbons (Fsp3) is 0.300. The number of nitrogens with zero attached hydrogens (tertiary/aromatic N) is 1. The summed E-state index contributed by atoms with van der Waals surface area (Å²) < 4.78 is 5.80. The Morgan fingerprint density at radius 3 is 2.85 bits per heavy atom. The van der Waals surface area contributed by atoms with Crippen molar-refractivity contribution in [1.29, 1.82) is 5.26 Å². The Morgan fingerprint density at radius 2 is 2.15 bits per heavy atom. The molecule has 0 amide bonds. The molecule has 0 atom stereocenters. The van der Waals surface area contributed by atoms with Crippen LogP contribution in [0.5, 0.6) is 0 Å². The van der Waals surface area contributed by atoms with Gasteiger partial charge in [0.05, 0.1) is 12.3 Å². The lowest BCUT2D eigenvalue weighted by Gasteiger charge is -2.10. The SMILES string of the molecule is N#C/C(NN)=C(/N)c1ccc2c(c1)CC=CC(OCCCCCC(=O)O)=C2. The second kappa shape index (κ2) is 10.0. The van der Waals surface area contributed by atoms with Gasteiger partial charge < -0.3 is 21.0 Å². The number of nitrogens with two attached hydrogens (primary N) is 2. The molecule has 0 spiro atoms. The molecule has 0 fully saturated rings. The summed E-state index contributed by atoms with van der Waals surface area (Å²) in [6.07, 6.45) is 9.12. The number of allylic oxidation sites excluding steroid dienone is 3. The van der Waals surface area contributed by atoms with Crippen molar-refractivity contribution >= 4 is 17.7 Å². The summed E-state index contributed by atoms with van der Waals surface area (Å²) in [5, 5.41) is 17.7. The van der Waals surface area contributed by atoms with E-state index in [1.807, 2.05) is 42.5 Å². The topological polar surface area (TPSA) is 134 Å². The maximum absolute atomic E-state index is 10.5. The van der Waals surface area contributed by atoms with Crippen LogP contribution >= 0.6 is 0 Å². The van der Waals surface area contributed by atoms with Gasteiger partial charge in [-0.05, 0) is 55.0 Å². The average Bonchev–Trinajstić information content (AvgIpc) is 2.86. The van der Waals surface area contributed by atoms with Crippen LogP contribution in [0.2, 0.25) is 0 Å². The van der Waals surface area contributed by atoms with Gasteiger partial charge in [0.1, 0.15) is 11.8 Å². The van der Waals surface area contributed by atoms with E-state index in [1.165, 1.54) is 0 Å². The number of hydrogen-bond donors (Lipinski definition) is 4. The lowest BCUT2D eigenvalue weighted by atomic mass is 10.00. The van der Waals surface area contributed by atoms with Crippen molar-refractivity contribution in [2.24, 2.45) is 11.6 Å². The third kappa shape index (κ3) is 5.90. The first-order chi connectivity index (χ1) is 13.0.